The lowest BCUT2D eigenvalue weighted by Crippen LogP contribution is -2.39. The van der Waals surface area contributed by atoms with Crippen LogP contribution in [-0.2, 0) is 6.42 Å². The highest BCUT2D eigenvalue weighted by atomic mass is 35.5. The van der Waals surface area contributed by atoms with Gasteiger partial charge in [0.2, 0.25) is 0 Å². The zero-order valence-electron chi connectivity index (χ0n) is 16.2. The smallest absolute Gasteiger partial charge is 0.274 e. The number of halogens is 1. The quantitative estimate of drug-likeness (QED) is 0.536. The minimum atomic E-state index is -0.0622. The molecule has 1 unspecified atom stereocenters. The summed E-state index contributed by atoms with van der Waals surface area (Å²) in [5, 5.41) is 12.2. The van der Waals surface area contributed by atoms with Crippen LogP contribution in [0.5, 0.6) is 0 Å². The molecular formula is C22H20ClN5O. The molecule has 4 aromatic rings. The summed E-state index contributed by atoms with van der Waals surface area (Å²) in [6, 6.07) is 11.7. The first-order valence-electron chi connectivity index (χ1n) is 9.61. The number of aromatic amines is 1. The molecular weight excluding hydrogens is 386 g/mol. The number of carbonyl (C=O) groups is 1. The van der Waals surface area contributed by atoms with E-state index in [1.54, 1.807) is 16.8 Å². The van der Waals surface area contributed by atoms with E-state index in [-0.39, 0.29) is 11.9 Å². The van der Waals surface area contributed by atoms with Crippen LogP contribution < -0.4 is 0 Å². The van der Waals surface area contributed by atoms with E-state index in [4.69, 9.17) is 11.6 Å². The van der Waals surface area contributed by atoms with Crippen molar-refractivity contribution in [2.24, 2.45) is 0 Å². The van der Waals surface area contributed by atoms with Crippen molar-refractivity contribution in [1.29, 1.82) is 0 Å². The number of nitrogens with one attached hydrogen (secondary N) is 1. The first-order chi connectivity index (χ1) is 14.0. The second kappa shape index (κ2) is 6.74. The Morgan fingerprint density at radius 2 is 2.10 bits per heavy atom. The number of hydrogen-bond acceptors (Lipinski definition) is 3. The minimum absolute atomic E-state index is 0.0354. The van der Waals surface area contributed by atoms with Crippen LogP contribution in [-0.4, -0.2) is 37.2 Å². The molecule has 0 radical (unpaired) electrons. The normalized spacial score (nSPS) is 16.2. The van der Waals surface area contributed by atoms with Gasteiger partial charge in [0.25, 0.3) is 5.91 Å². The van der Waals surface area contributed by atoms with Gasteiger partial charge >= 0.3 is 0 Å². The summed E-state index contributed by atoms with van der Waals surface area (Å²) in [6.45, 7) is 4.75. The fraction of sp³-hybridized carbons (Fsp3) is 0.227. The highest BCUT2D eigenvalue weighted by molar-refractivity contribution is 6.30. The molecule has 4 heterocycles. The van der Waals surface area contributed by atoms with Crippen molar-refractivity contribution < 1.29 is 4.79 Å². The van der Waals surface area contributed by atoms with Crippen LogP contribution in [0, 0.1) is 6.92 Å². The van der Waals surface area contributed by atoms with Crippen LogP contribution in [0.2, 0.25) is 5.02 Å². The number of fused-ring (bicyclic) bond motifs is 2. The van der Waals surface area contributed by atoms with Gasteiger partial charge in [0, 0.05) is 24.0 Å². The summed E-state index contributed by atoms with van der Waals surface area (Å²) in [6.07, 6.45) is 4.38. The lowest BCUT2D eigenvalue weighted by atomic mass is 9.87. The Bertz CT molecular complexity index is 1240. The molecule has 1 atom stereocenters. The first-order valence-corrected chi connectivity index (χ1v) is 9.99. The zero-order valence-corrected chi connectivity index (χ0v) is 16.9. The number of rotatable bonds is 2. The summed E-state index contributed by atoms with van der Waals surface area (Å²) < 4.78 is 1.65. The topological polar surface area (TPSA) is 66.3 Å². The molecule has 7 heteroatoms. The van der Waals surface area contributed by atoms with E-state index in [9.17, 15) is 4.79 Å². The predicted octanol–water partition coefficient (Wildman–Crippen LogP) is 4.45. The van der Waals surface area contributed by atoms with E-state index < -0.39 is 0 Å². The maximum absolute atomic E-state index is 13.2. The number of H-pyrrole nitrogens is 1. The van der Waals surface area contributed by atoms with E-state index in [0.717, 1.165) is 23.2 Å². The number of aromatic nitrogens is 4. The number of benzene rings is 1. The van der Waals surface area contributed by atoms with Gasteiger partial charge in [-0.15, -0.1) is 0 Å². The van der Waals surface area contributed by atoms with Gasteiger partial charge in [-0.25, -0.2) is 4.52 Å². The van der Waals surface area contributed by atoms with Crippen molar-refractivity contribution in [3.63, 3.8) is 0 Å². The Morgan fingerprint density at radius 1 is 1.24 bits per heavy atom. The average Bonchev–Trinajstić information content (AvgIpc) is 3.33. The van der Waals surface area contributed by atoms with Crippen LogP contribution in [0.15, 0.2) is 48.8 Å². The van der Waals surface area contributed by atoms with Gasteiger partial charge in [0.05, 0.1) is 22.8 Å². The molecule has 0 spiro atoms. The fourth-order valence-electron chi connectivity index (χ4n) is 4.23. The molecule has 0 saturated carbocycles. The SMILES string of the molecule is Cc1[nH]ncc1-c1cccc2c1CCN(C(=O)c1cc3ccc(Cl)cn3n1)C2C. The monoisotopic (exact) mass is 405 g/mol. The molecule has 1 amide bonds. The van der Waals surface area contributed by atoms with E-state index >= 15 is 0 Å². The predicted molar refractivity (Wildman–Crippen MR) is 112 cm³/mol. The molecule has 3 aromatic heterocycles. The highest BCUT2D eigenvalue weighted by Gasteiger charge is 2.31. The van der Waals surface area contributed by atoms with Crippen molar-refractivity contribution in [2.45, 2.75) is 26.3 Å². The Morgan fingerprint density at radius 3 is 2.90 bits per heavy atom. The third kappa shape index (κ3) is 2.91. The molecule has 1 aromatic carbocycles. The second-order valence-electron chi connectivity index (χ2n) is 7.45. The zero-order chi connectivity index (χ0) is 20.1. The number of pyridine rings is 1. The molecule has 5 rings (SSSR count). The van der Waals surface area contributed by atoms with Crippen LogP contribution in [0.1, 0.15) is 40.3 Å². The average molecular weight is 406 g/mol. The number of hydrogen-bond donors (Lipinski definition) is 1. The van der Waals surface area contributed by atoms with E-state index in [1.807, 2.05) is 30.2 Å². The third-order valence-corrected chi connectivity index (χ3v) is 5.98. The van der Waals surface area contributed by atoms with E-state index in [2.05, 4.69) is 40.4 Å². The summed E-state index contributed by atoms with van der Waals surface area (Å²) >= 11 is 6.04. The Hall–Kier alpha value is -3.12. The number of amides is 1. The molecule has 1 N–H and O–H groups in total. The van der Waals surface area contributed by atoms with Crippen LogP contribution in [0.4, 0.5) is 0 Å². The fourth-order valence-corrected chi connectivity index (χ4v) is 4.39. The second-order valence-corrected chi connectivity index (χ2v) is 7.89. The minimum Gasteiger partial charge on any atom is -0.330 e. The van der Waals surface area contributed by atoms with Crippen LogP contribution in [0.3, 0.4) is 0 Å². The Labute approximate surface area is 173 Å². The Kier molecular flexibility index (Phi) is 4.17. The van der Waals surface area contributed by atoms with Gasteiger partial charge in [-0.2, -0.15) is 10.2 Å². The van der Waals surface area contributed by atoms with Gasteiger partial charge in [-0.05, 0) is 55.2 Å². The lowest BCUT2D eigenvalue weighted by Gasteiger charge is -2.35. The van der Waals surface area contributed by atoms with E-state index in [0.29, 0.717) is 17.3 Å². The molecule has 1 aliphatic rings. The summed E-state index contributed by atoms with van der Waals surface area (Å²) in [4.78, 5) is 15.1. The molecule has 0 saturated heterocycles. The molecule has 29 heavy (non-hydrogen) atoms. The van der Waals surface area contributed by atoms with Crippen LogP contribution >= 0.6 is 11.6 Å². The largest absolute Gasteiger partial charge is 0.330 e. The van der Waals surface area contributed by atoms with Gasteiger partial charge < -0.3 is 4.90 Å². The van der Waals surface area contributed by atoms with Gasteiger partial charge in [0.1, 0.15) is 0 Å². The number of carbonyl (C=O) groups excluding carboxylic acids is 1. The Balaban J connectivity index is 1.50. The van der Waals surface area contributed by atoms with E-state index in [1.165, 1.54) is 16.7 Å². The summed E-state index contributed by atoms with van der Waals surface area (Å²) in [5.74, 6) is -0.0622. The summed E-state index contributed by atoms with van der Waals surface area (Å²) in [7, 11) is 0. The third-order valence-electron chi connectivity index (χ3n) is 5.76. The van der Waals surface area contributed by atoms with Crippen molar-refractivity contribution in [2.75, 3.05) is 6.54 Å². The van der Waals surface area contributed by atoms with Crippen molar-refractivity contribution in [3.8, 4) is 11.1 Å². The lowest BCUT2D eigenvalue weighted by molar-refractivity contribution is 0.0671. The molecule has 0 bridgehead atoms. The maximum Gasteiger partial charge on any atom is 0.274 e. The molecule has 0 fully saturated rings. The maximum atomic E-state index is 13.2. The first kappa shape index (κ1) is 17.9. The van der Waals surface area contributed by atoms with Gasteiger partial charge in [-0.1, -0.05) is 29.8 Å². The van der Waals surface area contributed by atoms with Crippen molar-refractivity contribution >= 4 is 23.0 Å². The van der Waals surface area contributed by atoms with Gasteiger partial charge in [0.15, 0.2) is 5.69 Å². The molecule has 0 aliphatic carbocycles. The number of aryl methyl sites for hydroxylation is 1. The summed E-state index contributed by atoms with van der Waals surface area (Å²) in [5.41, 5.74) is 7.10. The molecule has 1 aliphatic heterocycles. The van der Waals surface area contributed by atoms with Crippen molar-refractivity contribution in [3.05, 3.63) is 76.3 Å². The van der Waals surface area contributed by atoms with Crippen LogP contribution in [0.25, 0.3) is 16.6 Å². The highest BCUT2D eigenvalue weighted by Crippen LogP contribution is 2.37. The molecule has 146 valence electrons. The molecule has 6 nitrogen and oxygen atoms in total. The standard InChI is InChI=1S/C22H20ClN5O/c1-13-20(11-24-25-13)18-5-3-4-17-14(2)27(9-8-19(17)18)22(29)21-10-16-7-6-15(23)12-28(16)26-21/h3-7,10-12,14H,8-9H2,1-2H3,(H,24,25). The number of nitrogens with zero attached hydrogens (tertiary/aromatic N) is 4. The van der Waals surface area contributed by atoms with Gasteiger partial charge in [-0.3, -0.25) is 9.89 Å². The van der Waals surface area contributed by atoms with Crippen molar-refractivity contribution in [1.82, 2.24) is 24.7 Å².